The highest BCUT2D eigenvalue weighted by atomic mass is 16.5. The molecule has 0 aromatic heterocycles. The third-order valence-electron chi connectivity index (χ3n) is 3.59. The van der Waals surface area contributed by atoms with E-state index in [-0.39, 0.29) is 11.5 Å². The van der Waals surface area contributed by atoms with Gasteiger partial charge in [0.1, 0.15) is 0 Å². The molecule has 1 heterocycles. The average Bonchev–Trinajstić information content (AvgIpc) is 2.41. The highest BCUT2D eigenvalue weighted by Crippen LogP contribution is 2.23. The van der Waals surface area contributed by atoms with Crippen LogP contribution < -0.4 is 10.2 Å². The highest BCUT2D eigenvalue weighted by Gasteiger charge is 2.30. The number of carbonyl (C=O) groups is 1. The molecule has 19 heavy (non-hydrogen) atoms. The maximum absolute atomic E-state index is 11.4. The molecule has 1 unspecified atom stereocenters. The Hall–Kier alpha value is -1.55. The molecular formula is C15H22N2O2. The second kappa shape index (κ2) is 5.21. The van der Waals surface area contributed by atoms with Crippen molar-refractivity contribution < 1.29 is 9.53 Å². The zero-order valence-electron chi connectivity index (χ0n) is 12.1. The van der Waals surface area contributed by atoms with Crippen LogP contribution in [-0.4, -0.2) is 37.7 Å². The quantitative estimate of drug-likeness (QED) is 0.828. The number of rotatable bonds is 2. The molecule has 0 bridgehead atoms. The van der Waals surface area contributed by atoms with Crippen molar-refractivity contribution in [2.45, 2.75) is 32.4 Å². The van der Waals surface area contributed by atoms with E-state index in [4.69, 9.17) is 4.74 Å². The van der Waals surface area contributed by atoms with Crippen molar-refractivity contribution >= 4 is 11.7 Å². The number of carbonyl (C=O) groups excluding carboxylic acids is 1. The van der Waals surface area contributed by atoms with Gasteiger partial charge < -0.3 is 15.0 Å². The first-order valence-electron chi connectivity index (χ1n) is 6.63. The summed E-state index contributed by atoms with van der Waals surface area (Å²) in [7, 11) is 1.40. The first kappa shape index (κ1) is 13.9. The molecule has 1 saturated heterocycles. The molecule has 1 N–H and O–H groups in total. The maximum Gasteiger partial charge on any atom is 0.337 e. The molecule has 0 radical (unpaired) electrons. The van der Waals surface area contributed by atoms with E-state index in [0.29, 0.717) is 11.6 Å². The molecule has 0 saturated carbocycles. The summed E-state index contributed by atoms with van der Waals surface area (Å²) in [4.78, 5) is 13.8. The van der Waals surface area contributed by atoms with Crippen LogP contribution in [0.25, 0.3) is 0 Å². The molecule has 1 atom stereocenters. The van der Waals surface area contributed by atoms with Gasteiger partial charge in [0.2, 0.25) is 0 Å². The van der Waals surface area contributed by atoms with E-state index < -0.39 is 0 Å². The Kier molecular flexibility index (Phi) is 3.80. The number of esters is 1. The minimum atomic E-state index is -0.291. The fourth-order valence-electron chi connectivity index (χ4n) is 2.42. The van der Waals surface area contributed by atoms with Crippen LogP contribution in [0.2, 0.25) is 0 Å². The zero-order chi connectivity index (χ0) is 14.0. The Morgan fingerprint density at radius 3 is 2.58 bits per heavy atom. The number of hydrogen-bond acceptors (Lipinski definition) is 4. The molecule has 4 heteroatoms. The summed E-state index contributed by atoms with van der Waals surface area (Å²) in [5.74, 6) is -0.291. The summed E-state index contributed by atoms with van der Waals surface area (Å²) in [6.07, 6.45) is 0. The lowest BCUT2D eigenvalue weighted by Gasteiger charge is -2.44. The summed E-state index contributed by atoms with van der Waals surface area (Å²) in [5, 5.41) is 3.53. The van der Waals surface area contributed by atoms with E-state index in [2.05, 4.69) is 31.0 Å². The number of nitrogens with one attached hydrogen (secondary N) is 1. The molecule has 1 aromatic rings. The van der Waals surface area contributed by atoms with Gasteiger partial charge in [0.25, 0.3) is 0 Å². The lowest BCUT2D eigenvalue weighted by molar-refractivity contribution is 0.0601. The van der Waals surface area contributed by atoms with Gasteiger partial charge in [-0.25, -0.2) is 4.79 Å². The first-order chi connectivity index (χ1) is 8.93. The van der Waals surface area contributed by atoms with Gasteiger partial charge in [-0.15, -0.1) is 0 Å². The molecule has 0 spiro atoms. The Bertz CT molecular complexity index is 454. The molecule has 0 amide bonds. The van der Waals surface area contributed by atoms with Crippen molar-refractivity contribution in [2.75, 3.05) is 25.1 Å². The molecule has 0 aliphatic carbocycles. The van der Waals surface area contributed by atoms with Crippen molar-refractivity contribution in [3.8, 4) is 0 Å². The highest BCUT2D eigenvalue weighted by molar-refractivity contribution is 5.89. The Morgan fingerprint density at radius 1 is 1.37 bits per heavy atom. The minimum absolute atomic E-state index is 0.105. The van der Waals surface area contributed by atoms with Crippen molar-refractivity contribution in [2.24, 2.45) is 0 Å². The first-order valence-corrected chi connectivity index (χ1v) is 6.63. The normalized spacial score (nSPS) is 22.1. The Labute approximate surface area is 114 Å². The van der Waals surface area contributed by atoms with Crippen LogP contribution in [-0.2, 0) is 4.74 Å². The third kappa shape index (κ3) is 3.07. The average molecular weight is 262 g/mol. The number of methoxy groups -OCH3 is 1. The SMILES string of the molecule is COC(=O)c1ccc(N2CC(C)(C)NCC2C)cc1. The number of benzene rings is 1. The van der Waals surface area contributed by atoms with Crippen molar-refractivity contribution in [3.63, 3.8) is 0 Å². The molecule has 1 aliphatic heterocycles. The van der Waals surface area contributed by atoms with Gasteiger partial charge in [-0.2, -0.15) is 0 Å². The molecule has 2 rings (SSSR count). The molecule has 4 nitrogen and oxygen atoms in total. The number of anilines is 1. The largest absolute Gasteiger partial charge is 0.465 e. The monoisotopic (exact) mass is 262 g/mol. The Balaban J connectivity index is 2.19. The van der Waals surface area contributed by atoms with Crippen LogP contribution in [0.3, 0.4) is 0 Å². The zero-order valence-corrected chi connectivity index (χ0v) is 12.1. The molecule has 1 aromatic carbocycles. The summed E-state index contributed by atoms with van der Waals surface area (Å²) < 4.78 is 4.71. The summed E-state index contributed by atoms with van der Waals surface area (Å²) >= 11 is 0. The summed E-state index contributed by atoms with van der Waals surface area (Å²) in [6, 6.07) is 8.07. The van der Waals surface area contributed by atoms with E-state index in [1.807, 2.05) is 24.3 Å². The van der Waals surface area contributed by atoms with E-state index in [0.717, 1.165) is 18.8 Å². The van der Waals surface area contributed by atoms with E-state index in [9.17, 15) is 4.79 Å². The van der Waals surface area contributed by atoms with Crippen LogP contribution in [0.1, 0.15) is 31.1 Å². The lowest BCUT2D eigenvalue weighted by atomic mass is 9.98. The molecule has 1 fully saturated rings. The fourth-order valence-corrected chi connectivity index (χ4v) is 2.42. The molecular weight excluding hydrogens is 240 g/mol. The van der Waals surface area contributed by atoms with Gasteiger partial charge in [0.15, 0.2) is 0 Å². The minimum Gasteiger partial charge on any atom is -0.465 e. The van der Waals surface area contributed by atoms with Crippen LogP contribution in [0, 0.1) is 0 Å². The third-order valence-corrected chi connectivity index (χ3v) is 3.59. The standard InChI is InChI=1S/C15H22N2O2/c1-11-9-16-15(2,3)10-17(11)13-7-5-12(6-8-13)14(18)19-4/h5-8,11,16H,9-10H2,1-4H3. The van der Waals surface area contributed by atoms with Gasteiger partial charge in [-0.05, 0) is 45.0 Å². The predicted molar refractivity (Wildman–Crippen MR) is 76.7 cm³/mol. The summed E-state index contributed by atoms with van der Waals surface area (Å²) in [6.45, 7) is 8.53. The second-order valence-electron chi connectivity index (χ2n) is 5.78. The number of hydrogen-bond donors (Lipinski definition) is 1. The lowest BCUT2D eigenvalue weighted by Crippen LogP contribution is -2.61. The molecule has 104 valence electrons. The van der Waals surface area contributed by atoms with Gasteiger partial charge in [0, 0.05) is 30.4 Å². The summed E-state index contributed by atoms with van der Waals surface area (Å²) in [5.41, 5.74) is 1.84. The second-order valence-corrected chi connectivity index (χ2v) is 5.78. The van der Waals surface area contributed by atoms with Gasteiger partial charge in [-0.3, -0.25) is 0 Å². The number of ether oxygens (including phenoxy) is 1. The van der Waals surface area contributed by atoms with E-state index >= 15 is 0 Å². The van der Waals surface area contributed by atoms with Gasteiger partial charge in [-0.1, -0.05) is 0 Å². The topological polar surface area (TPSA) is 41.6 Å². The number of piperazine rings is 1. The Morgan fingerprint density at radius 2 is 2.00 bits per heavy atom. The maximum atomic E-state index is 11.4. The fraction of sp³-hybridized carbons (Fsp3) is 0.533. The van der Waals surface area contributed by atoms with Crippen LogP contribution >= 0.6 is 0 Å². The smallest absolute Gasteiger partial charge is 0.337 e. The van der Waals surface area contributed by atoms with Crippen LogP contribution in [0.4, 0.5) is 5.69 Å². The van der Waals surface area contributed by atoms with E-state index in [1.165, 1.54) is 7.11 Å². The van der Waals surface area contributed by atoms with E-state index in [1.54, 1.807) is 0 Å². The van der Waals surface area contributed by atoms with Gasteiger partial charge >= 0.3 is 5.97 Å². The van der Waals surface area contributed by atoms with Crippen molar-refractivity contribution in [3.05, 3.63) is 29.8 Å². The van der Waals surface area contributed by atoms with Crippen LogP contribution in [0.15, 0.2) is 24.3 Å². The van der Waals surface area contributed by atoms with Crippen molar-refractivity contribution in [1.82, 2.24) is 5.32 Å². The van der Waals surface area contributed by atoms with Crippen LogP contribution in [0.5, 0.6) is 0 Å². The number of nitrogens with zero attached hydrogens (tertiary/aromatic N) is 1. The molecule has 1 aliphatic rings. The van der Waals surface area contributed by atoms with Crippen molar-refractivity contribution in [1.29, 1.82) is 0 Å². The predicted octanol–water partition coefficient (Wildman–Crippen LogP) is 2.05. The van der Waals surface area contributed by atoms with Gasteiger partial charge in [0.05, 0.1) is 12.7 Å².